The zero-order valence-corrected chi connectivity index (χ0v) is 16.7. The first-order valence-corrected chi connectivity index (χ1v) is 9.85. The monoisotopic (exact) mass is 400 g/mol. The molecule has 0 fully saturated rings. The van der Waals surface area contributed by atoms with E-state index in [1.54, 1.807) is 0 Å². The van der Waals surface area contributed by atoms with Gasteiger partial charge in [-0.25, -0.2) is 0 Å². The molecule has 0 saturated heterocycles. The SMILES string of the molecule is Clc1ccc(C(=C(c2ccccc2)c2ccccc2)c2ccc(Cl)cc2)cc1. The summed E-state index contributed by atoms with van der Waals surface area (Å²) in [6, 6.07) is 36.9. The van der Waals surface area contributed by atoms with Crippen LogP contribution < -0.4 is 0 Å². The maximum Gasteiger partial charge on any atom is 0.0406 e. The van der Waals surface area contributed by atoms with E-state index in [0.717, 1.165) is 37.9 Å². The minimum Gasteiger partial charge on any atom is -0.0843 e. The Labute approximate surface area is 175 Å². The molecule has 0 aromatic heterocycles. The van der Waals surface area contributed by atoms with Crippen molar-refractivity contribution in [3.8, 4) is 0 Å². The molecule has 0 aliphatic rings. The zero-order chi connectivity index (χ0) is 19.3. The van der Waals surface area contributed by atoms with Gasteiger partial charge in [0.1, 0.15) is 0 Å². The van der Waals surface area contributed by atoms with Crippen LogP contribution in [-0.2, 0) is 0 Å². The fraction of sp³-hybridized carbons (Fsp3) is 0. The van der Waals surface area contributed by atoms with E-state index in [4.69, 9.17) is 23.2 Å². The first-order chi connectivity index (χ1) is 13.7. The molecule has 0 unspecified atom stereocenters. The van der Waals surface area contributed by atoms with Crippen molar-refractivity contribution in [2.75, 3.05) is 0 Å². The van der Waals surface area contributed by atoms with Gasteiger partial charge in [-0.05, 0) is 57.7 Å². The third kappa shape index (κ3) is 4.04. The quantitative estimate of drug-likeness (QED) is 0.304. The lowest BCUT2D eigenvalue weighted by molar-refractivity contribution is 1.50. The molecule has 0 bridgehead atoms. The molecule has 136 valence electrons. The Morgan fingerprint density at radius 1 is 0.357 bits per heavy atom. The predicted octanol–water partition coefficient (Wildman–Crippen LogP) is 8.00. The summed E-state index contributed by atoms with van der Waals surface area (Å²) in [5, 5.41) is 1.44. The van der Waals surface area contributed by atoms with Gasteiger partial charge in [-0.15, -0.1) is 0 Å². The second-order valence-electron chi connectivity index (χ2n) is 6.50. The number of benzene rings is 4. The Kier molecular flexibility index (Phi) is 5.62. The summed E-state index contributed by atoms with van der Waals surface area (Å²) < 4.78 is 0. The average molecular weight is 401 g/mol. The van der Waals surface area contributed by atoms with Crippen LogP contribution in [-0.4, -0.2) is 0 Å². The molecule has 0 heterocycles. The topological polar surface area (TPSA) is 0 Å². The molecule has 0 atom stereocenters. The van der Waals surface area contributed by atoms with Gasteiger partial charge in [-0.2, -0.15) is 0 Å². The van der Waals surface area contributed by atoms with E-state index < -0.39 is 0 Å². The molecule has 4 aromatic carbocycles. The highest BCUT2D eigenvalue weighted by Gasteiger charge is 2.16. The van der Waals surface area contributed by atoms with Crippen LogP contribution >= 0.6 is 23.2 Å². The van der Waals surface area contributed by atoms with Crippen LogP contribution in [0.15, 0.2) is 109 Å². The molecule has 4 rings (SSSR count). The molecule has 0 amide bonds. The largest absolute Gasteiger partial charge is 0.0843 e. The van der Waals surface area contributed by atoms with Crippen molar-refractivity contribution in [3.05, 3.63) is 141 Å². The molecular weight excluding hydrogens is 383 g/mol. The summed E-state index contributed by atoms with van der Waals surface area (Å²) in [6.45, 7) is 0. The van der Waals surface area contributed by atoms with Gasteiger partial charge in [0.15, 0.2) is 0 Å². The fourth-order valence-electron chi connectivity index (χ4n) is 3.35. The van der Waals surface area contributed by atoms with E-state index in [1.165, 1.54) is 5.57 Å². The Morgan fingerprint density at radius 3 is 0.964 bits per heavy atom. The van der Waals surface area contributed by atoms with E-state index in [1.807, 2.05) is 36.4 Å². The highest BCUT2D eigenvalue weighted by Crippen LogP contribution is 2.37. The third-order valence-electron chi connectivity index (χ3n) is 4.64. The second kappa shape index (κ2) is 8.48. The minimum absolute atomic E-state index is 0.722. The van der Waals surface area contributed by atoms with Crippen molar-refractivity contribution in [2.45, 2.75) is 0 Å². The van der Waals surface area contributed by atoms with E-state index in [2.05, 4.69) is 72.8 Å². The van der Waals surface area contributed by atoms with Crippen LogP contribution in [0.5, 0.6) is 0 Å². The van der Waals surface area contributed by atoms with Gasteiger partial charge in [0.05, 0.1) is 0 Å². The molecule has 0 spiro atoms. The maximum atomic E-state index is 6.16. The van der Waals surface area contributed by atoms with Gasteiger partial charge < -0.3 is 0 Å². The summed E-state index contributed by atoms with van der Waals surface area (Å²) in [5.41, 5.74) is 6.85. The lowest BCUT2D eigenvalue weighted by Gasteiger charge is -2.18. The van der Waals surface area contributed by atoms with Gasteiger partial charge in [0, 0.05) is 10.0 Å². The molecular formula is C26H18Cl2. The standard InChI is InChI=1S/C26H18Cl2/c27-23-15-11-21(12-16-23)26(22-13-17-24(28)18-14-22)25(19-7-3-1-4-8-19)20-9-5-2-6-10-20/h1-18H. The van der Waals surface area contributed by atoms with E-state index in [9.17, 15) is 0 Å². The highest BCUT2D eigenvalue weighted by atomic mass is 35.5. The Morgan fingerprint density at radius 2 is 0.643 bits per heavy atom. The number of hydrogen-bond donors (Lipinski definition) is 0. The van der Waals surface area contributed by atoms with E-state index in [-0.39, 0.29) is 0 Å². The zero-order valence-electron chi connectivity index (χ0n) is 15.1. The molecule has 0 nitrogen and oxygen atoms in total. The van der Waals surface area contributed by atoms with Crippen molar-refractivity contribution in [2.24, 2.45) is 0 Å². The first-order valence-electron chi connectivity index (χ1n) is 9.09. The van der Waals surface area contributed by atoms with E-state index >= 15 is 0 Å². The van der Waals surface area contributed by atoms with Crippen molar-refractivity contribution in [3.63, 3.8) is 0 Å². The van der Waals surface area contributed by atoms with Crippen LogP contribution in [0.3, 0.4) is 0 Å². The lowest BCUT2D eigenvalue weighted by Crippen LogP contribution is -1.97. The Balaban J connectivity index is 2.08. The van der Waals surface area contributed by atoms with Crippen molar-refractivity contribution >= 4 is 34.3 Å². The first kappa shape index (κ1) is 18.6. The van der Waals surface area contributed by atoms with Crippen LogP contribution in [0.25, 0.3) is 11.1 Å². The molecule has 0 aliphatic carbocycles. The van der Waals surface area contributed by atoms with Crippen LogP contribution in [0.4, 0.5) is 0 Å². The normalized spacial score (nSPS) is 10.5. The molecule has 28 heavy (non-hydrogen) atoms. The summed E-state index contributed by atoms with van der Waals surface area (Å²) in [7, 11) is 0. The van der Waals surface area contributed by atoms with Gasteiger partial charge in [-0.1, -0.05) is 108 Å². The summed E-state index contributed by atoms with van der Waals surface area (Å²) >= 11 is 12.3. The second-order valence-corrected chi connectivity index (χ2v) is 7.37. The molecule has 0 saturated carbocycles. The van der Waals surface area contributed by atoms with Crippen LogP contribution in [0.1, 0.15) is 22.3 Å². The minimum atomic E-state index is 0.722. The Hall–Kier alpha value is -2.80. The highest BCUT2D eigenvalue weighted by molar-refractivity contribution is 6.31. The van der Waals surface area contributed by atoms with Crippen molar-refractivity contribution in [1.29, 1.82) is 0 Å². The smallest absolute Gasteiger partial charge is 0.0406 e. The molecule has 2 heteroatoms. The van der Waals surface area contributed by atoms with Gasteiger partial charge >= 0.3 is 0 Å². The summed E-state index contributed by atoms with van der Waals surface area (Å²) in [6.07, 6.45) is 0. The van der Waals surface area contributed by atoms with Gasteiger partial charge in [0.2, 0.25) is 0 Å². The van der Waals surface area contributed by atoms with Crippen molar-refractivity contribution < 1.29 is 0 Å². The fourth-order valence-corrected chi connectivity index (χ4v) is 3.61. The summed E-state index contributed by atoms with van der Waals surface area (Å²) in [4.78, 5) is 0. The third-order valence-corrected chi connectivity index (χ3v) is 5.14. The van der Waals surface area contributed by atoms with Gasteiger partial charge in [0.25, 0.3) is 0 Å². The van der Waals surface area contributed by atoms with Crippen LogP contribution in [0, 0.1) is 0 Å². The van der Waals surface area contributed by atoms with Crippen molar-refractivity contribution in [1.82, 2.24) is 0 Å². The number of halogens is 2. The summed E-state index contributed by atoms with van der Waals surface area (Å²) in [5.74, 6) is 0. The van der Waals surface area contributed by atoms with E-state index in [0.29, 0.717) is 0 Å². The number of hydrogen-bond acceptors (Lipinski definition) is 0. The van der Waals surface area contributed by atoms with Gasteiger partial charge in [-0.3, -0.25) is 0 Å². The molecule has 4 aromatic rings. The maximum absolute atomic E-state index is 6.16. The lowest BCUT2D eigenvalue weighted by atomic mass is 9.86. The number of rotatable bonds is 4. The average Bonchev–Trinajstić information content (AvgIpc) is 2.75. The molecule has 0 N–H and O–H groups in total. The molecule has 0 radical (unpaired) electrons. The van der Waals surface area contributed by atoms with Crippen LogP contribution in [0.2, 0.25) is 10.0 Å². The Bertz CT molecular complexity index is 990. The molecule has 0 aliphatic heterocycles. The predicted molar refractivity (Wildman–Crippen MR) is 121 cm³/mol.